The average Bonchev–Trinajstić information content (AvgIpc) is 3.34. The predicted octanol–water partition coefficient (Wildman–Crippen LogP) is 4.65. The smallest absolute Gasteiger partial charge is 0.416 e. The first-order valence-corrected chi connectivity index (χ1v) is 11.0. The third-order valence-electron chi connectivity index (χ3n) is 6.08. The van der Waals surface area contributed by atoms with E-state index >= 15 is 0 Å². The molecule has 1 unspecified atom stereocenters. The van der Waals surface area contributed by atoms with Crippen LogP contribution in [0.1, 0.15) is 30.0 Å². The summed E-state index contributed by atoms with van der Waals surface area (Å²) in [5, 5.41) is 3.92. The fraction of sp³-hybridized carbons (Fsp3) is 0.417. The first-order valence-electron chi connectivity index (χ1n) is 11.0. The quantitative estimate of drug-likeness (QED) is 0.492. The lowest BCUT2D eigenvalue weighted by atomic mass is 10.1. The molecule has 34 heavy (non-hydrogen) atoms. The summed E-state index contributed by atoms with van der Waals surface area (Å²) in [4.78, 5) is 8.94. The maximum Gasteiger partial charge on any atom is 0.416 e. The largest absolute Gasteiger partial charge is 0.497 e. The fourth-order valence-corrected chi connectivity index (χ4v) is 4.07. The average molecular weight is 476 g/mol. The van der Waals surface area contributed by atoms with Crippen LogP contribution >= 0.6 is 0 Å². The van der Waals surface area contributed by atoms with Crippen LogP contribution in [0.5, 0.6) is 11.5 Å². The first-order chi connectivity index (χ1) is 16.3. The van der Waals surface area contributed by atoms with E-state index in [0.717, 1.165) is 61.9 Å². The first kappa shape index (κ1) is 24.0. The molecule has 1 aliphatic rings. The van der Waals surface area contributed by atoms with Crippen LogP contribution in [0, 0.1) is 0 Å². The van der Waals surface area contributed by atoms with Crippen molar-refractivity contribution in [1.82, 2.24) is 19.9 Å². The van der Waals surface area contributed by atoms with Crippen LogP contribution in [-0.2, 0) is 12.7 Å². The van der Waals surface area contributed by atoms with Gasteiger partial charge in [-0.05, 0) is 37.3 Å². The maximum atomic E-state index is 13.0. The van der Waals surface area contributed by atoms with Crippen LogP contribution in [0.25, 0.3) is 11.4 Å². The molecule has 1 fully saturated rings. The number of hydrogen-bond donors (Lipinski definition) is 0. The van der Waals surface area contributed by atoms with Gasteiger partial charge in [-0.3, -0.25) is 9.80 Å². The molecule has 0 aliphatic carbocycles. The van der Waals surface area contributed by atoms with Gasteiger partial charge >= 0.3 is 6.18 Å². The topological polar surface area (TPSA) is 63.9 Å². The van der Waals surface area contributed by atoms with E-state index in [1.807, 2.05) is 25.1 Å². The molecule has 3 aromatic rings. The fourth-order valence-electron chi connectivity index (χ4n) is 4.07. The van der Waals surface area contributed by atoms with Crippen LogP contribution in [0.2, 0.25) is 0 Å². The van der Waals surface area contributed by atoms with Crippen molar-refractivity contribution in [2.24, 2.45) is 0 Å². The zero-order valence-electron chi connectivity index (χ0n) is 19.3. The van der Waals surface area contributed by atoms with Gasteiger partial charge in [0.25, 0.3) is 0 Å². The Labute approximate surface area is 196 Å². The van der Waals surface area contributed by atoms with Gasteiger partial charge in [0.2, 0.25) is 11.7 Å². The minimum Gasteiger partial charge on any atom is -0.497 e. The minimum atomic E-state index is -4.43. The highest BCUT2D eigenvalue weighted by atomic mass is 19.4. The molecule has 0 amide bonds. The Balaban J connectivity index is 1.38. The molecule has 1 atom stereocenters. The number of ether oxygens (including phenoxy) is 2. The van der Waals surface area contributed by atoms with Crippen LogP contribution in [0.15, 0.2) is 47.0 Å². The summed E-state index contributed by atoms with van der Waals surface area (Å²) in [7, 11) is 3.30. The molecule has 0 spiro atoms. The standard InChI is InChI=1S/C24H27F3N4O3/c1-16(23-28-22(29-34-23)17-5-4-6-19(13-17)24(25,26)27)31-11-9-30(10-12-31)15-18-14-20(32-2)7-8-21(18)33-3/h4-8,13-14,16H,9-12,15H2,1-3H3. The molecule has 4 rings (SSSR count). The number of nitrogens with zero attached hydrogens (tertiary/aromatic N) is 4. The summed E-state index contributed by atoms with van der Waals surface area (Å²) in [5.41, 5.74) is 0.591. The van der Waals surface area contributed by atoms with Crippen LogP contribution in [-0.4, -0.2) is 60.3 Å². The van der Waals surface area contributed by atoms with Crippen molar-refractivity contribution in [1.29, 1.82) is 0 Å². The van der Waals surface area contributed by atoms with Crippen molar-refractivity contribution in [3.05, 3.63) is 59.5 Å². The zero-order chi connectivity index (χ0) is 24.3. The van der Waals surface area contributed by atoms with Crippen LogP contribution in [0.4, 0.5) is 13.2 Å². The second-order valence-electron chi connectivity index (χ2n) is 8.20. The van der Waals surface area contributed by atoms with Gasteiger partial charge in [-0.1, -0.05) is 17.3 Å². The van der Waals surface area contributed by atoms with Gasteiger partial charge in [0.05, 0.1) is 25.8 Å². The number of halogens is 3. The summed E-state index contributed by atoms with van der Waals surface area (Å²) >= 11 is 0. The molecule has 182 valence electrons. The normalized spacial score (nSPS) is 16.4. The number of methoxy groups -OCH3 is 2. The lowest BCUT2D eigenvalue weighted by Crippen LogP contribution is -2.46. The lowest BCUT2D eigenvalue weighted by molar-refractivity contribution is -0.137. The lowest BCUT2D eigenvalue weighted by Gasteiger charge is -2.37. The van der Waals surface area contributed by atoms with Gasteiger partial charge in [-0.15, -0.1) is 0 Å². The van der Waals surface area contributed by atoms with E-state index in [1.165, 1.54) is 6.07 Å². The number of rotatable bonds is 7. The number of piperazine rings is 1. The number of hydrogen-bond acceptors (Lipinski definition) is 7. The molecule has 7 nitrogen and oxygen atoms in total. The molecular weight excluding hydrogens is 449 g/mol. The third-order valence-corrected chi connectivity index (χ3v) is 6.08. The molecule has 0 N–H and O–H groups in total. The Kier molecular flexibility index (Phi) is 7.08. The van der Waals surface area contributed by atoms with Gasteiger partial charge in [0.15, 0.2) is 0 Å². The SMILES string of the molecule is COc1ccc(OC)c(CN2CCN(C(C)c3nc(-c4cccc(C(F)(F)F)c4)no3)CC2)c1. The van der Waals surface area contributed by atoms with Crippen molar-refractivity contribution in [3.8, 4) is 22.9 Å². The monoisotopic (exact) mass is 476 g/mol. The molecular formula is C24H27F3N4O3. The zero-order valence-corrected chi connectivity index (χ0v) is 19.3. The molecule has 2 aromatic carbocycles. The van der Waals surface area contributed by atoms with Crippen molar-refractivity contribution >= 4 is 0 Å². The van der Waals surface area contributed by atoms with Gasteiger partial charge in [0, 0.05) is 43.9 Å². The third kappa shape index (κ3) is 5.34. The molecule has 0 bridgehead atoms. The second kappa shape index (κ2) is 10.0. The van der Waals surface area contributed by atoms with Crippen molar-refractivity contribution in [2.45, 2.75) is 25.7 Å². The van der Waals surface area contributed by atoms with Crippen molar-refractivity contribution < 1.29 is 27.2 Å². The van der Waals surface area contributed by atoms with Crippen molar-refractivity contribution in [2.75, 3.05) is 40.4 Å². The Bertz CT molecular complexity index is 1110. The summed E-state index contributed by atoms with van der Waals surface area (Å²) in [5.74, 6) is 2.15. The molecule has 1 aromatic heterocycles. The van der Waals surface area contributed by atoms with E-state index in [-0.39, 0.29) is 17.4 Å². The highest BCUT2D eigenvalue weighted by Gasteiger charge is 2.31. The van der Waals surface area contributed by atoms with Gasteiger partial charge in [-0.25, -0.2) is 0 Å². The van der Waals surface area contributed by atoms with E-state index < -0.39 is 11.7 Å². The summed E-state index contributed by atoms with van der Waals surface area (Å²) in [6.07, 6.45) is -4.43. The Morgan fingerprint density at radius 2 is 1.79 bits per heavy atom. The summed E-state index contributed by atoms with van der Waals surface area (Å²) < 4.78 is 55.3. The van der Waals surface area contributed by atoms with Crippen LogP contribution in [0.3, 0.4) is 0 Å². The van der Waals surface area contributed by atoms with E-state index in [9.17, 15) is 13.2 Å². The minimum absolute atomic E-state index is 0.150. The van der Waals surface area contributed by atoms with E-state index in [1.54, 1.807) is 20.3 Å². The number of alkyl halides is 3. The molecule has 0 radical (unpaired) electrons. The summed E-state index contributed by atoms with van der Waals surface area (Å²) in [6, 6.07) is 10.6. The van der Waals surface area contributed by atoms with Crippen LogP contribution < -0.4 is 9.47 Å². The molecule has 1 aliphatic heterocycles. The number of benzene rings is 2. The van der Waals surface area contributed by atoms with Gasteiger partial charge in [0.1, 0.15) is 11.5 Å². The van der Waals surface area contributed by atoms with Gasteiger partial charge in [-0.2, -0.15) is 18.2 Å². The number of aromatic nitrogens is 2. The van der Waals surface area contributed by atoms with E-state index in [0.29, 0.717) is 5.89 Å². The highest BCUT2D eigenvalue weighted by molar-refractivity contribution is 5.55. The molecule has 0 saturated carbocycles. The Hall–Kier alpha value is -3.11. The Morgan fingerprint density at radius 1 is 1.03 bits per heavy atom. The molecule has 10 heteroatoms. The van der Waals surface area contributed by atoms with Crippen molar-refractivity contribution in [3.63, 3.8) is 0 Å². The Morgan fingerprint density at radius 3 is 2.47 bits per heavy atom. The molecule has 2 heterocycles. The maximum absolute atomic E-state index is 13.0. The summed E-state index contributed by atoms with van der Waals surface area (Å²) in [6.45, 7) is 5.94. The van der Waals surface area contributed by atoms with Gasteiger partial charge < -0.3 is 14.0 Å². The highest BCUT2D eigenvalue weighted by Crippen LogP contribution is 2.32. The molecule has 1 saturated heterocycles. The predicted molar refractivity (Wildman–Crippen MR) is 120 cm³/mol. The van der Waals surface area contributed by atoms with E-state index in [2.05, 4.69) is 19.9 Å². The second-order valence-corrected chi connectivity index (χ2v) is 8.20. The van der Waals surface area contributed by atoms with E-state index in [4.69, 9.17) is 14.0 Å².